The molecule has 1 unspecified atom stereocenters. The van der Waals surface area contributed by atoms with E-state index < -0.39 is 11.0 Å². The number of rotatable bonds is 0. The molecule has 2 rings (SSSR count). The Morgan fingerprint density at radius 1 is 1.42 bits per heavy atom. The van der Waals surface area contributed by atoms with Gasteiger partial charge in [0, 0.05) is 6.54 Å². The quantitative estimate of drug-likeness (QED) is 0.650. The number of nitrogens with zero attached hydrogens (tertiary/aromatic N) is 1. The largest absolute Gasteiger partial charge is 0.301 e. The van der Waals surface area contributed by atoms with Crippen molar-refractivity contribution in [2.45, 2.75) is 11.3 Å². The Bertz CT molecular complexity index is 327. The van der Waals surface area contributed by atoms with E-state index >= 15 is 0 Å². The second-order valence-corrected chi connectivity index (χ2v) is 4.04. The van der Waals surface area contributed by atoms with Crippen molar-refractivity contribution in [3.8, 4) is 0 Å². The Balaban J connectivity index is 2.49. The van der Waals surface area contributed by atoms with Crippen LogP contribution in [0.25, 0.3) is 0 Å². The highest BCUT2D eigenvalue weighted by molar-refractivity contribution is 7.82. The summed E-state index contributed by atoms with van der Waals surface area (Å²) in [5, 5.41) is 9.16. The van der Waals surface area contributed by atoms with Crippen molar-refractivity contribution in [1.82, 2.24) is 4.47 Å². The average molecular weight is 183 g/mol. The lowest BCUT2D eigenvalue weighted by molar-refractivity contribution is 0.00826. The van der Waals surface area contributed by atoms with Crippen molar-refractivity contribution in [3.63, 3.8) is 0 Å². The van der Waals surface area contributed by atoms with E-state index in [1.165, 1.54) is 0 Å². The normalized spacial score (nSPS) is 23.6. The molecule has 0 amide bonds. The number of benzene rings is 1. The lowest BCUT2D eigenvalue weighted by atomic mass is 10.1. The predicted molar refractivity (Wildman–Crippen MR) is 45.0 cm³/mol. The number of hydroxylamine groups is 1. The van der Waals surface area contributed by atoms with E-state index in [0.29, 0.717) is 6.54 Å². The van der Waals surface area contributed by atoms with Gasteiger partial charge in [-0.1, -0.05) is 18.2 Å². The van der Waals surface area contributed by atoms with Crippen molar-refractivity contribution in [1.29, 1.82) is 0 Å². The van der Waals surface area contributed by atoms with Gasteiger partial charge in [-0.3, -0.25) is 0 Å². The zero-order chi connectivity index (χ0) is 8.55. The van der Waals surface area contributed by atoms with Gasteiger partial charge in [-0.05, 0) is 18.1 Å². The van der Waals surface area contributed by atoms with Gasteiger partial charge in [0.05, 0.1) is 4.90 Å². The predicted octanol–water partition coefficient (Wildman–Crippen LogP) is 0.956. The van der Waals surface area contributed by atoms with E-state index in [4.69, 9.17) is 5.21 Å². The summed E-state index contributed by atoms with van der Waals surface area (Å²) in [5.41, 5.74) is 1.07. The second-order valence-electron chi connectivity index (χ2n) is 2.68. The zero-order valence-electron chi connectivity index (χ0n) is 6.43. The van der Waals surface area contributed by atoms with Crippen LogP contribution < -0.4 is 0 Å². The highest BCUT2D eigenvalue weighted by Crippen LogP contribution is 2.20. The topological polar surface area (TPSA) is 40.5 Å². The van der Waals surface area contributed by atoms with Crippen LogP contribution >= 0.6 is 0 Å². The summed E-state index contributed by atoms with van der Waals surface area (Å²) in [6, 6.07) is 7.48. The molecule has 0 saturated heterocycles. The highest BCUT2D eigenvalue weighted by atomic mass is 32.2. The first kappa shape index (κ1) is 7.91. The minimum Gasteiger partial charge on any atom is -0.301 e. The van der Waals surface area contributed by atoms with Crippen molar-refractivity contribution in [3.05, 3.63) is 29.8 Å². The summed E-state index contributed by atoms with van der Waals surface area (Å²) >= 11 is 0. The summed E-state index contributed by atoms with van der Waals surface area (Å²) in [6.07, 6.45) is 0.762. The number of hydrogen-bond acceptors (Lipinski definition) is 2. The van der Waals surface area contributed by atoms with Crippen molar-refractivity contribution in [2.75, 3.05) is 6.54 Å². The molecule has 0 radical (unpaired) electrons. The molecule has 1 heterocycles. The lowest BCUT2D eigenvalue weighted by Crippen LogP contribution is -2.29. The molecule has 0 spiro atoms. The van der Waals surface area contributed by atoms with Gasteiger partial charge in [0.15, 0.2) is 11.0 Å². The molecule has 12 heavy (non-hydrogen) atoms. The van der Waals surface area contributed by atoms with Crippen molar-refractivity contribution in [2.24, 2.45) is 0 Å². The molecule has 0 bridgehead atoms. The van der Waals surface area contributed by atoms with Gasteiger partial charge in [-0.15, -0.1) is 4.47 Å². The molecule has 0 aromatic heterocycles. The summed E-state index contributed by atoms with van der Waals surface area (Å²) in [5.74, 6) is 0. The SMILES string of the molecule is O=S1c2ccccc2CCN1O. The van der Waals surface area contributed by atoms with Crippen LogP contribution in [0.3, 0.4) is 0 Å². The third-order valence-corrected chi connectivity index (χ3v) is 3.26. The van der Waals surface area contributed by atoms with Crippen LogP contribution in [0.2, 0.25) is 0 Å². The van der Waals surface area contributed by atoms with E-state index in [0.717, 1.165) is 21.3 Å². The molecule has 3 nitrogen and oxygen atoms in total. The Labute approximate surface area is 73.2 Å². The molecule has 4 heteroatoms. The van der Waals surface area contributed by atoms with Gasteiger partial charge in [-0.25, -0.2) is 4.21 Å². The van der Waals surface area contributed by atoms with Gasteiger partial charge in [0.25, 0.3) is 0 Å². The van der Waals surface area contributed by atoms with Crippen LogP contribution in [0.1, 0.15) is 5.56 Å². The molecule has 1 aliphatic heterocycles. The Morgan fingerprint density at radius 3 is 3.00 bits per heavy atom. The van der Waals surface area contributed by atoms with Gasteiger partial charge in [0.2, 0.25) is 0 Å². The van der Waals surface area contributed by atoms with E-state index in [9.17, 15) is 4.21 Å². The van der Waals surface area contributed by atoms with E-state index in [2.05, 4.69) is 0 Å². The molecular weight excluding hydrogens is 174 g/mol. The molecule has 0 fully saturated rings. The molecule has 64 valence electrons. The highest BCUT2D eigenvalue weighted by Gasteiger charge is 2.21. The molecule has 0 saturated carbocycles. The Hall–Kier alpha value is -0.710. The summed E-state index contributed by atoms with van der Waals surface area (Å²) < 4.78 is 12.3. The Morgan fingerprint density at radius 2 is 2.17 bits per heavy atom. The van der Waals surface area contributed by atoms with Gasteiger partial charge >= 0.3 is 0 Å². The third-order valence-electron chi connectivity index (χ3n) is 1.92. The summed E-state index contributed by atoms with van der Waals surface area (Å²) in [7, 11) is -1.37. The molecule has 1 atom stereocenters. The minimum atomic E-state index is -1.37. The first-order chi connectivity index (χ1) is 5.79. The van der Waals surface area contributed by atoms with Crippen molar-refractivity contribution < 1.29 is 9.42 Å². The molecular formula is C8H9NO2S. The van der Waals surface area contributed by atoms with Crippen LogP contribution in [-0.2, 0) is 17.4 Å². The fourth-order valence-electron chi connectivity index (χ4n) is 1.29. The van der Waals surface area contributed by atoms with Crippen LogP contribution in [-0.4, -0.2) is 20.4 Å². The van der Waals surface area contributed by atoms with Crippen LogP contribution in [0, 0.1) is 0 Å². The summed E-state index contributed by atoms with van der Waals surface area (Å²) in [6.45, 7) is 0.448. The minimum absolute atomic E-state index is 0.448. The number of fused-ring (bicyclic) bond motifs is 1. The van der Waals surface area contributed by atoms with Crippen LogP contribution in [0.4, 0.5) is 0 Å². The summed E-state index contributed by atoms with van der Waals surface area (Å²) in [4.78, 5) is 0.728. The van der Waals surface area contributed by atoms with Gasteiger partial charge < -0.3 is 5.21 Å². The first-order valence-electron chi connectivity index (χ1n) is 3.75. The molecule has 1 aromatic carbocycles. The maximum Gasteiger partial charge on any atom is 0.151 e. The lowest BCUT2D eigenvalue weighted by Gasteiger charge is -2.21. The number of hydrogen-bond donors (Lipinski definition) is 1. The zero-order valence-corrected chi connectivity index (χ0v) is 7.25. The smallest absolute Gasteiger partial charge is 0.151 e. The first-order valence-corrected chi connectivity index (χ1v) is 4.86. The standard InChI is InChI=1S/C8H9NO2S/c10-9-6-5-7-3-1-2-4-8(7)12(9)11/h1-4,10H,5-6H2. The fourth-order valence-corrected chi connectivity index (χ4v) is 2.37. The van der Waals surface area contributed by atoms with E-state index in [-0.39, 0.29) is 0 Å². The van der Waals surface area contributed by atoms with Crippen LogP contribution in [0.5, 0.6) is 0 Å². The van der Waals surface area contributed by atoms with E-state index in [1.54, 1.807) is 6.07 Å². The van der Waals surface area contributed by atoms with Crippen molar-refractivity contribution >= 4 is 11.0 Å². The molecule has 1 N–H and O–H groups in total. The molecule has 1 aliphatic rings. The third kappa shape index (κ3) is 1.18. The molecule has 1 aromatic rings. The maximum absolute atomic E-state index is 11.4. The average Bonchev–Trinajstić information content (AvgIpc) is 2.12. The van der Waals surface area contributed by atoms with Gasteiger partial charge in [0.1, 0.15) is 0 Å². The van der Waals surface area contributed by atoms with Gasteiger partial charge in [-0.2, -0.15) is 0 Å². The second kappa shape index (κ2) is 2.97. The molecule has 0 aliphatic carbocycles. The van der Waals surface area contributed by atoms with Crippen LogP contribution in [0.15, 0.2) is 29.2 Å². The monoisotopic (exact) mass is 183 g/mol. The Kier molecular flexibility index (Phi) is 1.96. The van der Waals surface area contributed by atoms with E-state index in [1.807, 2.05) is 18.2 Å². The fraction of sp³-hybridized carbons (Fsp3) is 0.250. The maximum atomic E-state index is 11.4.